The van der Waals surface area contributed by atoms with E-state index in [9.17, 15) is 8.42 Å². The van der Waals surface area contributed by atoms with Crippen LogP contribution in [0.3, 0.4) is 0 Å². The van der Waals surface area contributed by atoms with Gasteiger partial charge in [-0.15, -0.1) is 0 Å². The molecule has 0 radical (unpaired) electrons. The molecular formula is C19H23NO2S. The lowest BCUT2D eigenvalue weighted by Crippen LogP contribution is -2.34. The summed E-state index contributed by atoms with van der Waals surface area (Å²) in [4.78, 5) is 0.472. The Morgan fingerprint density at radius 2 is 1.43 bits per heavy atom. The summed E-state index contributed by atoms with van der Waals surface area (Å²) < 4.78 is 28.4. The van der Waals surface area contributed by atoms with E-state index in [0.29, 0.717) is 29.8 Å². The van der Waals surface area contributed by atoms with E-state index in [1.807, 2.05) is 37.3 Å². The first-order valence-corrected chi connectivity index (χ1v) is 9.98. The van der Waals surface area contributed by atoms with Crippen molar-refractivity contribution in [2.24, 2.45) is 11.8 Å². The van der Waals surface area contributed by atoms with E-state index in [2.05, 4.69) is 0 Å². The Kier molecular flexibility index (Phi) is 3.69. The summed E-state index contributed by atoms with van der Waals surface area (Å²) in [5.74, 6) is 1.08. The van der Waals surface area contributed by atoms with Crippen LogP contribution in [0.1, 0.15) is 31.2 Å². The Morgan fingerprint density at radius 3 is 2.04 bits per heavy atom. The Morgan fingerprint density at radius 1 is 0.870 bits per heavy atom. The van der Waals surface area contributed by atoms with Crippen LogP contribution in [0, 0.1) is 18.8 Å². The second kappa shape index (κ2) is 5.60. The minimum atomic E-state index is -3.42. The molecule has 2 aromatic rings. The van der Waals surface area contributed by atoms with Crippen molar-refractivity contribution >= 4 is 20.8 Å². The molecule has 5 rings (SSSR count). The maximum Gasteiger partial charge on any atom is 0.243 e. The van der Waals surface area contributed by atoms with Gasteiger partial charge in [0.15, 0.2) is 0 Å². The van der Waals surface area contributed by atoms with Crippen LogP contribution in [0.25, 0.3) is 10.8 Å². The summed E-state index contributed by atoms with van der Waals surface area (Å²) in [5, 5.41) is 1.88. The molecule has 0 unspecified atom stereocenters. The van der Waals surface area contributed by atoms with E-state index < -0.39 is 10.0 Å². The first-order valence-electron chi connectivity index (χ1n) is 8.54. The molecule has 0 atom stereocenters. The van der Waals surface area contributed by atoms with Crippen LogP contribution < -0.4 is 0 Å². The van der Waals surface area contributed by atoms with Gasteiger partial charge in [0.1, 0.15) is 0 Å². The molecular weight excluding hydrogens is 306 g/mol. The van der Waals surface area contributed by atoms with Gasteiger partial charge in [-0.2, -0.15) is 4.31 Å². The zero-order valence-corrected chi connectivity index (χ0v) is 14.3. The second-order valence-electron chi connectivity index (χ2n) is 7.13. The van der Waals surface area contributed by atoms with Gasteiger partial charge in [-0.1, -0.05) is 30.3 Å². The lowest BCUT2D eigenvalue weighted by molar-refractivity contribution is 0.326. The molecule has 0 aromatic heterocycles. The number of benzene rings is 2. The first kappa shape index (κ1) is 15.2. The quantitative estimate of drug-likeness (QED) is 0.836. The number of hydrogen-bond donors (Lipinski definition) is 0. The molecule has 0 amide bonds. The topological polar surface area (TPSA) is 37.4 Å². The number of rotatable bonds is 2. The number of fused-ring (bicyclic) bond motifs is 5. The number of aryl methyl sites for hydroxylation is 1. The summed E-state index contributed by atoms with van der Waals surface area (Å²) in [5.41, 5.74) is 1.12. The molecule has 0 spiro atoms. The average molecular weight is 329 g/mol. The fourth-order valence-corrected chi connectivity index (χ4v) is 6.02. The van der Waals surface area contributed by atoms with Gasteiger partial charge < -0.3 is 0 Å². The zero-order valence-electron chi connectivity index (χ0n) is 13.5. The van der Waals surface area contributed by atoms with E-state index in [1.165, 1.54) is 25.7 Å². The van der Waals surface area contributed by atoms with Gasteiger partial charge in [0.2, 0.25) is 10.0 Å². The third-order valence-corrected chi connectivity index (χ3v) is 7.50. The summed E-state index contributed by atoms with van der Waals surface area (Å²) in [7, 11) is -3.42. The van der Waals surface area contributed by atoms with Crippen LogP contribution in [-0.2, 0) is 10.0 Å². The van der Waals surface area contributed by atoms with Gasteiger partial charge in [0.25, 0.3) is 0 Å². The molecule has 1 saturated carbocycles. The largest absolute Gasteiger partial charge is 0.243 e. The summed E-state index contributed by atoms with van der Waals surface area (Å²) >= 11 is 0. The molecule has 4 heteroatoms. The normalized spacial score (nSPS) is 25.6. The van der Waals surface area contributed by atoms with Gasteiger partial charge in [-0.25, -0.2) is 8.42 Å². The van der Waals surface area contributed by atoms with Gasteiger partial charge in [0, 0.05) is 18.5 Å². The zero-order chi connectivity index (χ0) is 16.0. The Bertz CT molecular complexity index is 822. The minimum Gasteiger partial charge on any atom is -0.207 e. The van der Waals surface area contributed by atoms with Crippen molar-refractivity contribution in [2.45, 2.75) is 37.5 Å². The molecule has 2 aromatic carbocycles. The lowest BCUT2D eigenvalue weighted by atomic mass is 9.84. The molecule has 3 nitrogen and oxygen atoms in total. The van der Waals surface area contributed by atoms with Crippen LogP contribution in [-0.4, -0.2) is 25.8 Å². The lowest BCUT2D eigenvalue weighted by Gasteiger charge is -2.23. The predicted octanol–water partition coefficient (Wildman–Crippen LogP) is 3.96. The Hall–Kier alpha value is -1.39. The summed E-state index contributed by atoms with van der Waals surface area (Å²) in [6.45, 7) is 3.42. The van der Waals surface area contributed by atoms with Crippen molar-refractivity contribution in [1.82, 2.24) is 4.31 Å². The SMILES string of the molecule is Cc1ccc(S(=O)(=O)N2CC3CCC(CC3)C2)c2ccccc12. The summed E-state index contributed by atoms with van der Waals surface area (Å²) in [6.07, 6.45) is 4.74. The number of sulfonamides is 1. The Labute approximate surface area is 138 Å². The Balaban J connectivity index is 1.82. The fourth-order valence-electron chi connectivity index (χ4n) is 4.23. The standard InChI is InChI=1S/C19H23NO2S/c1-14-6-11-19(18-5-3-2-4-17(14)18)23(21,22)20-12-15-7-8-16(13-20)10-9-15/h2-6,11,15-16H,7-10,12-13H2,1H3. The van der Waals surface area contributed by atoms with E-state index >= 15 is 0 Å². The van der Waals surface area contributed by atoms with Crippen LogP contribution in [0.15, 0.2) is 41.3 Å². The molecule has 1 aliphatic carbocycles. The predicted molar refractivity (Wildman–Crippen MR) is 92.9 cm³/mol. The van der Waals surface area contributed by atoms with Gasteiger partial charge in [-0.3, -0.25) is 0 Å². The van der Waals surface area contributed by atoms with Crippen molar-refractivity contribution in [2.75, 3.05) is 13.1 Å². The van der Waals surface area contributed by atoms with Crippen molar-refractivity contribution in [3.05, 3.63) is 42.0 Å². The van der Waals surface area contributed by atoms with Crippen LogP contribution in [0.2, 0.25) is 0 Å². The average Bonchev–Trinajstić information content (AvgIpc) is 2.90. The van der Waals surface area contributed by atoms with E-state index in [1.54, 1.807) is 10.4 Å². The van der Waals surface area contributed by atoms with Crippen molar-refractivity contribution in [1.29, 1.82) is 0 Å². The van der Waals surface area contributed by atoms with Gasteiger partial charge in [0.05, 0.1) is 4.90 Å². The maximum atomic E-state index is 13.3. The first-order chi connectivity index (χ1) is 11.1. The van der Waals surface area contributed by atoms with E-state index in [-0.39, 0.29) is 0 Å². The monoisotopic (exact) mass is 329 g/mol. The van der Waals surface area contributed by atoms with Crippen molar-refractivity contribution < 1.29 is 8.42 Å². The fraction of sp³-hybridized carbons (Fsp3) is 0.474. The smallest absolute Gasteiger partial charge is 0.207 e. The van der Waals surface area contributed by atoms with Crippen LogP contribution >= 0.6 is 0 Å². The maximum absolute atomic E-state index is 13.3. The molecule has 2 saturated heterocycles. The van der Waals surface area contributed by atoms with Crippen molar-refractivity contribution in [3.8, 4) is 0 Å². The van der Waals surface area contributed by atoms with Gasteiger partial charge in [-0.05, 0) is 61.5 Å². The highest BCUT2D eigenvalue weighted by Crippen LogP contribution is 2.37. The molecule has 3 aliphatic rings. The summed E-state index contributed by atoms with van der Waals surface area (Å²) in [6, 6.07) is 11.6. The van der Waals surface area contributed by atoms with Gasteiger partial charge >= 0.3 is 0 Å². The van der Waals surface area contributed by atoms with Crippen LogP contribution in [0.4, 0.5) is 0 Å². The van der Waals surface area contributed by atoms with Crippen molar-refractivity contribution in [3.63, 3.8) is 0 Å². The molecule has 2 bridgehead atoms. The highest BCUT2D eigenvalue weighted by Gasteiger charge is 2.36. The molecule has 0 N–H and O–H groups in total. The molecule has 3 fully saturated rings. The molecule has 2 heterocycles. The van der Waals surface area contributed by atoms with E-state index in [4.69, 9.17) is 0 Å². The third-order valence-electron chi connectivity index (χ3n) is 5.61. The third kappa shape index (κ3) is 2.58. The molecule has 122 valence electrons. The molecule has 2 aliphatic heterocycles. The van der Waals surface area contributed by atoms with Crippen LogP contribution in [0.5, 0.6) is 0 Å². The number of hydrogen-bond acceptors (Lipinski definition) is 2. The second-order valence-corrected chi connectivity index (χ2v) is 9.04. The number of nitrogens with zero attached hydrogens (tertiary/aromatic N) is 1. The highest BCUT2D eigenvalue weighted by molar-refractivity contribution is 7.89. The molecule has 23 heavy (non-hydrogen) atoms. The van der Waals surface area contributed by atoms with E-state index in [0.717, 1.165) is 16.3 Å². The highest BCUT2D eigenvalue weighted by atomic mass is 32.2. The minimum absolute atomic E-state index is 0.472.